The maximum atomic E-state index is 10.7. The average molecular weight is 183 g/mol. The Morgan fingerprint density at radius 2 is 1.77 bits per heavy atom. The molecule has 0 amide bonds. The molecule has 1 aliphatic carbocycles. The monoisotopic (exact) mass is 183 g/mol. The van der Waals surface area contributed by atoms with E-state index in [9.17, 15) is 4.79 Å². The third kappa shape index (κ3) is 1.85. The Morgan fingerprint density at radius 1 is 1.15 bits per heavy atom. The fraction of sp³-hybridized carbons (Fsp3) is 0.900. The number of nitrogens with zero attached hydrogens (tertiary/aromatic N) is 1. The summed E-state index contributed by atoms with van der Waals surface area (Å²) in [5, 5.41) is 8.82. The van der Waals surface area contributed by atoms with E-state index in [2.05, 4.69) is 4.90 Å². The first kappa shape index (κ1) is 9.00. The Morgan fingerprint density at radius 3 is 2.15 bits per heavy atom. The molecule has 74 valence electrons. The molecule has 2 rings (SSSR count). The van der Waals surface area contributed by atoms with Gasteiger partial charge in [0.05, 0.1) is 5.92 Å². The third-order valence-electron chi connectivity index (χ3n) is 3.45. The predicted molar refractivity (Wildman–Crippen MR) is 49.6 cm³/mol. The van der Waals surface area contributed by atoms with Crippen LogP contribution in [-0.2, 0) is 4.79 Å². The molecule has 1 heterocycles. The molecule has 13 heavy (non-hydrogen) atoms. The minimum Gasteiger partial charge on any atom is -0.481 e. The maximum Gasteiger partial charge on any atom is 0.306 e. The molecular weight excluding hydrogens is 166 g/mol. The quantitative estimate of drug-likeness (QED) is 0.702. The SMILES string of the molecule is O=C(O)C1CCC(N2CCC2)CC1. The largest absolute Gasteiger partial charge is 0.481 e. The lowest BCUT2D eigenvalue weighted by molar-refractivity contribution is -0.143. The molecule has 0 aromatic heterocycles. The molecule has 0 aromatic rings. The van der Waals surface area contributed by atoms with Crippen LogP contribution in [-0.4, -0.2) is 35.1 Å². The van der Waals surface area contributed by atoms with Crippen LogP contribution in [0.4, 0.5) is 0 Å². The zero-order valence-electron chi connectivity index (χ0n) is 7.91. The van der Waals surface area contributed by atoms with Gasteiger partial charge in [-0.15, -0.1) is 0 Å². The van der Waals surface area contributed by atoms with Crippen LogP contribution in [0.1, 0.15) is 32.1 Å². The maximum absolute atomic E-state index is 10.7. The Balaban J connectivity index is 1.78. The van der Waals surface area contributed by atoms with Gasteiger partial charge in [-0.3, -0.25) is 4.79 Å². The lowest BCUT2D eigenvalue weighted by Gasteiger charge is -2.41. The van der Waals surface area contributed by atoms with Gasteiger partial charge in [0.25, 0.3) is 0 Å². The molecule has 0 radical (unpaired) electrons. The van der Waals surface area contributed by atoms with Crippen LogP contribution in [0.5, 0.6) is 0 Å². The van der Waals surface area contributed by atoms with Crippen molar-refractivity contribution in [2.45, 2.75) is 38.1 Å². The molecule has 1 saturated heterocycles. The Kier molecular flexibility index (Phi) is 2.54. The van der Waals surface area contributed by atoms with Crippen molar-refractivity contribution >= 4 is 5.97 Å². The first-order valence-electron chi connectivity index (χ1n) is 5.24. The minimum atomic E-state index is -0.595. The molecule has 3 heteroatoms. The van der Waals surface area contributed by atoms with Gasteiger partial charge in [0.2, 0.25) is 0 Å². The summed E-state index contributed by atoms with van der Waals surface area (Å²) >= 11 is 0. The standard InChI is InChI=1S/C10H17NO2/c12-10(13)8-2-4-9(5-3-8)11-6-1-7-11/h8-9H,1-7H2,(H,12,13). The summed E-state index contributed by atoms with van der Waals surface area (Å²) in [6, 6.07) is 0.698. The smallest absolute Gasteiger partial charge is 0.306 e. The van der Waals surface area contributed by atoms with Gasteiger partial charge in [0, 0.05) is 6.04 Å². The van der Waals surface area contributed by atoms with E-state index in [1.165, 1.54) is 19.5 Å². The van der Waals surface area contributed by atoms with Gasteiger partial charge in [-0.25, -0.2) is 0 Å². The minimum absolute atomic E-state index is 0.0578. The number of carboxylic acid groups (broad SMARTS) is 1. The fourth-order valence-electron chi connectivity index (χ4n) is 2.39. The van der Waals surface area contributed by atoms with E-state index in [1.54, 1.807) is 0 Å². The molecule has 0 aromatic carbocycles. The van der Waals surface area contributed by atoms with Crippen molar-refractivity contribution in [1.82, 2.24) is 4.90 Å². The van der Waals surface area contributed by atoms with E-state index in [-0.39, 0.29) is 5.92 Å². The summed E-state index contributed by atoms with van der Waals surface area (Å²) < 4.78 is 0. The van der Waals surface area contributed by atoms with Crippen molar-refractivity contribution in [1.29, 1.82) is 0 Å². The van der Waals surface area contributed by atoms with Crippen LogP contribution in [0.25, 0.3) is 0 Å². The summed E-state index contributed by atoms with van der Waals surface area (Å²) in [5.41, 5.74) is 0. The van der Waals surface area contributed by atoms with E-state index < -0.39 is 5.97 Å². The number of aliphatic carboxylic acids is 1. The van der Waals surface area contributed by atoms with Gasteiger partial charge in [-0.1, -0.05) is 0 Å². The van der Waals surface area contributed by atoms with Crippen molar-refractivity contribution in [3.63, 3.8) is 0 Å². The highest BCUT2D eigenvalue weighted by atomic mass is 16.4. The van der Waals surface area contributed by atoms with Crippen LogP contribution in [0, 0.1) is 5.92 Å². The molecule has 1 aliphatic heterocycles. The summed E-state index contributed by atoms with van der Waals surface area (Å²) in [6.07, 6.45) is 5.29. The molecular formula is C10H17NO2. The van der Waals surface area contributed by atoms with Crippen molar-refractivity contribution in [2.75, 3.05) is 13.1 Å². The van der Waals surface area contributed by atoms with Crippen LogP contribution < -0.4 is 0 Å². The van der Waals surface area contributed by atoms with Gasteiger partial charge >= 0.3 is 5.97 Å². The van der Waals surface area contributed by atoms with Crippen molar-refractivity contribution in [3.05, 3.63) is 0 Å². The van der Waals surface area contributed by atoms with Crippen LogP contribution >= 0.6 is 0 Å². The van der Waals surface area contributed by atoms with Crippen molar-refractivity contribution in [2.24, 2.45) is 5.92 Å². The number of carboxylic acids is 1. The highest BCUT2D eigenvalue weighted by Gasteiger charge is 2.31. The molecule has 3 nitrogen and oxygen atoms in total. The van der Waals surface area contributed by atoms with Gasteiger partial charge < -0.3 is 10.0 Å². The first-order chi connectivity index (χ1) is 6.27. The Hall–Kier alpha value is -0.570. The molecule has 1 saturated carbocycles. The van der Waals surface area contributed by atoms with Crippen molar-refractivity contribution in [3.8, 4) is 0 Å². The van der Waals surface area contributed by atoms with Gasteiger partial charge in [-0.2, -0.15) is 0 Å². The summed E-state index contributed by atoms with van der Waals surface area (Å²) in [7, 11) is 0. The molecule has 0 bridgehead atoms. The second-order valence-electron chi connectivity index (χ2n) is 4.23. The third-order valence-corrected chi connectivity index (χ3v) is 3.45. The summed E-state index contributed by atoms with van der Waals surface area (Å²) in [5.74, 6) is -0.653. The molecule has 0 atom stereocenters. The van der Waals surface area contributed by atoms with Gasteiger partial charge in [0.1, 0.15) is 0 Å². The second kappa shape index (κ2) is 3.66. The fourth-order valence-corrected chi connectivity index (χ4v) is 2.39. The van der Waals surface area contributed by atoms with E-state index in [4.69, 9.17) is 5.11 Å². The predicted octanol–water partition coefficient (Wildman–Crippen LogP) is 1.34. The number of carbonyl (C=O) groups is 1. The summed E-state index contributed by atoms with van der Waals surface area (Å²) in [4.78, 5) is 13.2. The zero-order valence-corrected chi connectivity index (χ0v) is 7.91. The normalized spacial score (nSPS) is 35.4. The van der Waals surface area contributed by atoms with E-state index in [0.717, 1.165) is 25.7 Å². The topological polar surface area (TPSA) is 40.5 Å². The van der Waals surface area contributed by atoms with Gasteiger partial charge in [-0.05, 0) is 45.2 Å². The summed E-state index contributed by atoms with van der Waals surface area (Å²) in [6.45, 7) is 2.48. The lowest BCUT2D eigenvalue weighted by Crippen LogP contribution is -2.46. The Labute approximate surface area is 78.7 Å². The molecule has 1 N–H and O–H groups in total. The zero-order chi connectivity index (χ0) is 9.26. The number of hydrogen-bond acceptors (Lipinski definition) is 2. The van der Waals surface area contributed by atoms with Gasteiger partial charge in [0.15, 0.2) is 0 Å². The molecule has 0 spiro atoms. The Bertz CT molecular complexity index is 193. The van der Waals surface area contributed by atoms with Crippen LogP contribution in [0.15, 0.2) is 0 Å². The number of likely N-dealkylation sites (tertiary alicyclic amines) is 1. The molecule has 2 aliphatic rings. The lowest BCUT2D eigenvalue weighted by atomic mass is 9.84. The number of rotatable bonds is 2. The van der Waals surface area contributed by atoms with Crippen LogP contribution in [0.3, 0.4) is 0 Å². The van der Waals surface area contributed by atoms with E-state index in [1.807, 2.05) is 0 Å². The number of hydrogen-bond donors (Lipinski definition) is 1. The molecule has 0 unspecified atom stereocenters. The highest BCUT2D eigenvalue weighted by Crippen LogP contribution is 2.29. The average Bonchev–Trinajstić information content (AvgIpc) is 2.02. The highest BCUT2D eigenvalue weighted by molar-refractivity contribution is 5.70. The van der Waals surface area contributed by atoms with E-state index >= 15 is 0 Å². The first-order valence-corrected chi connectivity index (χ1v) is 5.24. The molecule has 2 fully saturated rings. The van der Waals surface area contributed by atoms with Crippen LogP contribution in [0.2, 0.25) is 0 Å². The van der Waals surface area contributed by atoms with E-state index in [0.29, 0.717) is 6.04 Å². The second-order valence-corrected chi connectivity index (χ2v) is 4.23. The van der Waals surface area contributed by atoms with Crippen molar-refractivity contribution < 1.29 is 9.90 Å².